The van der Waals surface area contributed by atoms with E-state index in [9.17, 15) is 0 Å². The van der Waals surface area contributed by atoms with E-state index in [4.69, 9.17) is 23.2 Å². The molecule has 4 heteroatoms. The molecule has 108 valence electrons. The fourth-order valence-electron chi connectivity index (χ4n) is 2.62. The van der Waals surface area contributed by atoms with Crippen LogP contribution in [0.3, 0.4) is 0 Å². The standard InChI is InChI=1S/C17H16Cl2N2/c1-20-10-15-9-12-4-2-3-5-17(12)21(15)11-13-8-14(18)6-7-16(13)19/h2-9,20H,10-11H2,1H3. The maximum Gasteiger partial charge on any atom is 0.0494 e. The van der Waals surface area contributed by atoms with Gasteiger partial charge < -0.3 is 9.88 Å². The van der Waals surface area contributed by atoms with Crippen molar-refractivity contribution in [1.82, 2.24) is 9.88 Å². The number of hydrogen-bond donors (Lipinski definition) is 1. The minimum Gasteiger partial charge on any atom is -0.339 e. The molecule has 0 spiro atoms. The summed E-state index contributed by atoms with van der Waals surface area (Å²) in [5.74, 6) is 0. The molecule has 2 nitrogen and oxygen atoms in total. The predicted molar refractivity (Wildman–Crippen MR) is 90.3 cm³/mol. The van der Waals surface area contributed by atoms with Gasteiger partial charge >= 0.3 is 0 Å². The predicted octanol–water partition coefficient (Wildman–Crippen LogP) is 4.72. The van der Waals surface area contributed by atoms with Crippen molar-refractivity contribution in [2.45, 2.75) is 13.1 Å². The van der Waals surface area contributed by atoms with Crippen molar-refractivity contribution in [3.05, 3.63) is 69.8 Å². The summed E-state index contributed by atoms with van der Waals surface area (Å²) in [7, 11) is 1.95. The number of aromatic nitrogens is 1. The van der Waals surface area contributed by atoms with E-state index in [0.717, 1.165) is 17.1 Å². The van der Waals surface area contributed by atoms with Gasteiger partial charge in [-0.3, -0.25) is 0 Å². The molecule has 0 fully saturated rings. The van der Waals surface area contributed by atoms with Crippen molar-refractivity contribution in [2.75, 3.05) is 7.05 Å². The van der Waals surface area contributed by atoms with Crippen molar-refractivity contribution in [2.24, 2.45) is 0 Å². The van der Waals surface area contributed by atoms with Gasteiger partial charge in [0.2, 0.25) is 0 Å². The Hall–Kier alpha value is -1.48. The molecule has 2 aromatic carbocycles. The van der Waals surface area contributed by atoms with Gasteiger partial charge in [0.15, 0.2) is 0 Å². The molecule has 0 saturated heterocycles. The first-order valence-corrected chi connectivity index (χ1v) is 7.60. The van der Waals surface area contributed by atoms with Crippen molar-refractivity contribution in [1.29, 1.82) is 0 Å². The summed E-state index contributed by atoms with van der Waals surface area (Å²) in [6.07, 6.45) is 0. The summed E-state index contributed by atoms with van der Waals surface area (Å²) in [4.78, 5) is 0. The first-order chi connectivity index (χ1) is 10.2. The van der Waals surface area contributed by atoms with E-state index in [2.05, 4.69) is 40.2 Å². The second-order valence-corrected chi connectivity index (χ2v) is 5.89. The van der Waals surface area contributed by atoms with Crippen molar-refractivity contribution in [3.63, 3.8) is 0 Å². The summed E-state index contributed by atoms with van der Waals surface area (Å²) in [6.45, 7) is 1.52. The second kappa shape index (κ2) is 6.10. The third-order valence-electron chi connectivity index (χ3n) is 3.59. The van der Waals surface area contributed by atoms with Gasteiger partial charge in [-0.15, -0.1) is 0 Å². The van der Waals surface area contributed by atoms with E-state index in [1.54, 1.807) is 0 Å². The fraction of sp³-hybridized carbons (Fsp3) is 0.176. The number of halogens is 2. The molecule has 3 rings (SSSR count). The molecular weight excluding hydrogens is 303 g/mol. The number of rotatable bonds is 4. The van der Waals surface area contributed by atoms with Crippen LogP contribution in [0, 0.1) is 0 Å². The van der Waals surface area contributed by atoms with Gasteiger partial charge in [-0.1, -0.05) is 41.4 Å². The summed E-state index contributed by atoms with van der Waals surface area (Å²) in [5, 5.41) is 5.91. The topological polar surface area (TPSA) is 17.0 Å². The van der Waals surface area contributed by atoms with Gasteiger partial charge in [-0.05, 0) is 48.3 Å². The van der Waals surface area contributed by atoms with Crippen LogP contribution in [0.2, 0.25) is 10.0 Å². The quantitative estimate of drug-likeness (QED) is 0.736. The smallest absolute Gasteiger partial charge is 0.0494 e. The number of para-hydroxylation sites is 1. The molecule has 0 saturated carbocycles. The molecule has 0 radical (unpaired) electrons. The lowest BCUT2D eigenvalue weighted by Crippen LogP contribution is -2.12. The minimum absolute atomic E-state index is 0.709. The van der Waals surface area contributed by atoms with E-state index >= 15 is 0 Å². The monoisotopic (exact) mass is 318 g/mol. The molecule has 0 amide bonds. The van der Waals surface area contributed by atoms with E-state index in [1.807, 2.05) is 25.2 Å². The molecule has 3 aromatic rings. The summed E-state index contributed by atoms with van der Waals surface area (Å²) < 4.78 is 2.28. The molecule has 1 N–H and O–H groups in total. The second-order valence-electron chi connectivity index (χ2n) is 5.05. The van der Waals surface area contributed by atoms with Crippen LogP contribution in [-0.4, -0.2) is 11.6 Å². The number of hydrogen-bond acceptors (Lipinski definition) is 1. The molecule has 0 aliphatic carbocycles. The fourth-order valence-corrected chi connectivity index (χ4v) is 2.99. The van der Waals surface area contributed by atoms with E-state index < -0.39 is 0 Å². The van der Waals surface area contributed by atoms with Gasteiger partial charge in [-0.2, -0.15) is 0 Å². The summed E-state index contributed by atoms with van der Waals surface area (Å²) in [5.41, 5.74) is 3.47. The Morgan fingerprint density at radius 1 is 1.05 bits per heavy atom. The Labute approximate surface area is 134 Å². The van der Waals surface area contributed by atoms with Crippen LogP contribution < -0.4 is 5.32 Å². The Morgan fingerprint density at radius 2 is 1.86 bits per heavy atom. The first-order valence-electron chi connectivity index (χ1n) is 6.84. The SMILES string of the molecule is CNCc1cc2ccccc2n1Cc1cc(Cl)ccc1Cl. The van der Waals surface area contributed by atoms with Crippen molar-refractivity contribution >= 4 is 34.1 Å². The highest BCUT2D eigenvalue weighted by molar-refractivity contribution is 6.33. The lowest BCUT2D eigenvalue weighted by Gasteiger charge is -2.12. The molecule has 0 bridgehead atoms. The van der Waals surface area contributed by atoms with Crippen molar-refractivity contribution in [3.8, 4) is 0 Å². The van der Waals surface area contributed by atoms with Crippen LogP contribution in [0.25, 0.3) is 10.9 Å². The third kappa shape index (κ3) is 2.93. The Bertz CT molecular complexity index is 778. The molecule has 1 heterocycles. The minimum atomic E-state index is 0.709. The third-order valence-corrected chi connectivity index (χ3v) is 4.19. The zero-order chi connectivity index (χ0) is 14.8. The normalized spacial score (nSPS) is 11.2. The van der Waals surface area contributed by atoms with Gasteiger partial charge in [0, 0.05) is 34.3 Å². The van der Waals surface area contributed by atoms with Gasteiger partial charge in [0.05, 0.1) is 0 Å². The highest BCUT2D eigenvalue weighted by Crippen LogP contribution is 2.26. The zero-order valence-corrected chi connectivity index (χ0v) is 13.2. The summed E-state index contributed by atoms with van der Waals surface area (Å²) in [6, 6.07) is 16.2. The molecule has 0 aliphatic heterocycles. The maximum atomic E-state index is 6.31. The zero-order valence-electron chi connectivity index (χ0n) is 11.7. The van der Waals surface area contributed by atoms with Gasteiger partial charge in [-0.25, -0.2) is 0 Å². The lowest BCUT2D eigenvalue weighted by atomic mass is 10.2. The number of fused-ring (bicyclic) bond motifs is 1. The molecule has 0 atom stereocenters. The Morgan fingerprint density at radius 3 is 2.67 bits per heavy atom. The average Bonchev–Trinajstić information content (AvgIpc) is 2.81. The van der Waals surface area contributed by atoms with E-state index in [-0.39, 0.29) is 0 Å². The van der Waals surface area contributed by atoms with Crippen LogP contribution in [0.4, 0.5) is 0 Å². The number of nitrogens with zero attached hydrogens (tertiary/aromatic N) is 1. The van der Waals surface area contributed by atoms with Crippen LogP contribution in [-0.2, 0) is 13.1 Å². The molecular formula is C17H16Cl2N2. The van der Waals surface area contributed by atoms with Crippen LogP contribution in [0.15, 0.2) is 48.5 Å². The highest BCUT2D eigenvalue weighted by atomic mass is 35.5. The lowest BCUT2D eigenvalue weighted by molar-refractivity contribution is 0.709. The average molecular weight is 319 g/mol. The number of benzene rings is 2. The van der Waals surface area contributed by atoms with E-state index in [1.165, 1.54) is 16.6 Å². The Balaban J connectivity index is 2.10. The molecule has 1 aromatic heterocycles. The maximum absolute atomic E-state index is 6.31. The molecule has 0 aliphatic rings. The number of nitrogens with one attached hydrogen (secondary N) is 1. The first kappa shape index (κ1) is 14.5. The van der Waals surface area contributed by atoms with Crippen molar-refractivity contribution < 1.29 is 0 Å². The summed E-state index contributed by atoms with van der Waals surface area (Å²) >= 11 is 12.4. The van der Waals surface area contributed by atoms with Gasteiger partial charge in [0.25, 0.3) is 0 Å². The van der Waals surface area contributed by atoms with Crippen LogP contribution >= 0.6 is 23.2 Å². The van der Waals surface area contributed by atoms with Crippen LogP contribution in [0.1, 0.15) is 11.3 Å². The van der Waals surface area contributed by atoms with Crippen LogP contribution in [0.5, 0.6) is 0 Å². The largest absolute Gasteiger partial charge is 0.339 e. The molecule has 21 heavy (non-hydrogen) atoms. The Kier molecular flexibility index (Phi) is 4.20. The van der Waals surface area contributed by atoms with E-state index in [0.29, 0.717) is 11.6 Å². The van der Waals surface area contributed by atoms with Gasteiger partial charge in [0.1, 0.15) is 0 Å². The molecule has 0 unspecified atom stereocenters. The highest BCUT2D eigenvalue weighted by Gasteiger charge is 2.10.